The van der Waals surface area contributed by atoms with E-state index in [1.54, 1.807) is 0 Å². The van der Waals surface area contributed by atoms with E-state index < -0.39 is 24.6 Å². The minimum absolute atomic E-state index is 0.0208. The van der Waals surface area contributed by atoms with Gasteiger partial charge < -0.3 is 4.74 Å². The van der Waals surface area contributed by atoms with Gasteiger partial charge >= 0.3 is 6.55 Å². The molecule has 1 aliphatic rings. The summed E-state index contributed by atoms with van der Waals surface area (Å²) in [6, 6.07) is 3.79. The molecule has 0 spiro atoms. The number of alkyl halides is 4. The summed E-state index contributed by atoms with van der Waals surface area (Å²) in [7, 11) is 1.32. The van der Waals surface area contributed by atoms with E-state index in [9.17, 15) is 22.4 Å². The minimum atomic E-state index is -2.89. The van der Waals surface area contributed by atoms with Crippen molar-refractivity contribution in [2.24, 2.45) is 5.92 Å². The first-order chi connectivity index (χ1) is 18.3. The van der Waals surface area contributed by atoms with Crippen molar-refractivity contribution in [1.29, 1.82) is 0 Å². The van der Waals surface area contributed by atoms with E-state index in [0.717, 1.165) is 42.6 Å². The fraction of sp³-hybridized carbons (Fsp3) is 0.250. The Morgan fingerprint density at radius 1 is 1.13 bits per heavy atom. The molecule has 14 heteroatoms. The topological polar surface area (TPSA) is 108 Å². The van der Waals surface area contributed by atoms with Gasteiger partial charge in [0, 0.05) is 29.4 Å². The molecule has 0 saturated heterocycles. The molecule has 0 atom stereocenters. The van der Waals surface area contributed by atoms with Crippen LogP contribution in [0, 0.1) is 17.8 Å². The normalized spacial score (nSPS) is 12.9. The fourth-order valence-electron chi connectivity index (χ4n) is 3.41. The molecule has 0 aliphatic heterocycles. The van der Waals surface area contributed by atoms with Gasteiger partial charge in [0.15, 0.2) is 5.01 Å². The number of carbonyl (C=O) groups is 1. The van der Waals surface area contributed by atoms with Crippen LogP contribution in [-0.4, -0.2) is 43.0 Å². The Bertz CT molecular complexity index is 1560. The number of amides is 1. The number of carbonyl (C=O) groups excluding carboxylic acids is 1. The van der Waals surface area contributed by atoms with Crippen LogP contribution in [0.1, 0.15) is 46.9 Å². The number of halogens is 4. The highest BCUT2D eigenvalue weighted by molar-refractivity contribution is 7.15. The summed E-state index contributed by atoms with van der Waals surface area (Å²) < 4.78 is 58.8. The van der Waals surface area contributed by atoms with Gasteiger partial charge in [-0.3, -0.25) is 20.1 Å². The van der Waals surface area contributed by atoms with Gasteiger partial charge in [0.1, 0.15) is 17.1 Å². The van der Waals surface area contributed by atoms with Gasteiger partial charge in [-0.05, 0) is 37.0 Å². The molecule has 4 aromatic heterocycles. The lowest BCUT2D eigenvalue weighted by Crippen LogP contribution is -2.14. The van der Waals surface area contributed by atoms with E-state index in [0.29, 0.717) is 15.6 Å². The highest BCUT2D eigenvalue weighted by Crippen LogP contribution is 2.36. The van der Waals surface area contributed by atoms with Crippen LogP contribution >= 0.6 is 11.3 Å². The van der Waals surface area contributed by atoms with Crippen molar-refractivity contribution < 1.29 is 27.1 Å². The molecule has 0 bridgehead atoms. The Morgan fingerprint density at radius 3 is 2.63 bits per heavy atom. The molecule has 5 rings (SSSR count). The molecule has 1 fully saturated rings. The molecule has 0 radical (unpaired) electrons. The molecule has 9 nitrogen and oxygen atoms in total. The lowest BCUT2D eigenvalue weighted by molar-refractivity contribution is 0.0568. The molecule has 0 unspecified atom stereocenters. The van der Waals surface area contributed by atoms with Crippen LogP contribution in [0.5, 0.6) is 5.75 Å². The molecule has 1 saturated carbocycles. The van der Waals surface area contributed by atoms with E-state index in [4.69, 9.17) is 4.74 Å². The molecule has 1 amide bonds. The second-order valence-electron chi connectivity index (χ2n) is 8.09. The fourth-order valence-corrected chi connectivity index (χ4v) is 4.01. The number of methoxy groups -OCH3 is 1. The first-order valence-corrected chi connectivity index (χ1v) is 12.0. The summed E-state index contributed by atoms with van der Waals surface area (Å²) in [5.74, 6) is 5.79. The molecular formula is C24H17F4N7O2S. The molecule has 4 heterocycles. The summed E-state index contributed by atoms with van der Waals surface area (Å²) in [5.41, 5.74) is -0.0969. The van der Waals surface area contributed by atoms with Gasteiger partial charge in [0.25, 0.3) is 12.3 Å². The van der Waals surface area contributed by atoms with E-state index >= 15 is 0 Å². The minimum Gasteiger partial charge on any atom is -0.494 e. The van der Waals surface area contributed by atoms with Crippen molar-refractivity contribution in [1.82, 2.24) is 29.9 Å². The van der Waals surface area contributed by atoms with Crippen molar-refractivity contribution in [3.05, 3.63) is 53.1 Å². The number of hydrogen-bond donors (Lipinski definition) is 1. The lowest BCUT2D eigenvalue weighted by atomic mass is 9.98. The maximum Gasteiger partial charge on any atom is 0.333 e. The number of nitrogens with zero attached hydrogens (tertiary/aromatic N) is 6. The number of nitrogens with one attached hydrogen (secondary N) is 1. The summed E-state index contributed by atoms with van der Waals surface area (Å²) in [6.45, 7) is -2.87. The van der Waals surface area contributed by atoms with Crippen molar-refractivity contribution in [2.45, 2.75) is 25.8 Å². The van der Waals surface area contributed by atoms with Crippen LogP contribution in [0.25, 0.3) is 22.5 Å². The quantitative estimate of drug-likeness (QED) is 0.252. The average Bonchev–Trinajstić information content (AvgIpc) is 3.41. The van der Waals surface area contributed by atoms with E-state index in [2.05, 4.69) is 42.4 Å². The summed E-state index contributed by atoms with van der Waals surface area (Å²) in [5, 5.41) is 14.9. The molecule has 0 aromatic carbocycles. The number of pyridine rings is 2. The van der Waals surface area contributed by atoms with Gasteiger partial charge in [-0.15, -0.1) is 10.2 Å². The Balaban J connectivity index is 1.55. The third-order valence-electron chi connectivity index (χ3n) is 5.45. The molecular weight excluding hydrogens is 526 g/mol. The van der Waals surface area contributed by atoms with Crippen LogP contribution < -0.4 is 10.1 Å². The standard InChI is InChI=1S/C24H17F4N7O2S/c1-37-19-11-30-18(21(25)26)9-14(19)13-8-17(16-6-7-35(34-16)23(27)28)29-10-15(13)22(36)31-24-33-32-20(38-24)5-4-12-2-3-12/h6-12,21,23H,2-3H2,1H3,(H,31,33,36). The maximum atomic E-state index is 13.5. The zero-order chi connectivity index (χ0) is 26.8. The molecule has 194 valence electrons. The first-order valence-electron chi connectivity index (χ1n) is 11.1. The Kier molecular flexibility index (Phi) is 7.01. The van der Waals surface area contributed by atoms with Crippen molar-refractivity contribution in [2.75, 3.05) is 12.4 Å². The number of ether oxygens (including phenoxy) is 1. The van der Waals surface area contributed by atoms with Crippen molar-refractivity contribution in [3.63, 3.8) is 0 Å². The molecule has 4 aromatic rings. The first kappa shape index (κ1) is 25.3. The van der Waals surface area contributed by atoms with Crippen LogP contribution in [0.3, 0.4) is 0 Å². The largest absolute Gasteiger partial charge is 0.494 e. The lowest BCUT2D eigenvalue weighted by Gasteiger charge is -2.14. The van der Waals surface area contributed by atoms with Crippen LogP contribution in [0.15, 0.2) is 36.8 Å². The highest BCUT2D eigenvalue weighted by Gasteiger charge is 2.23. The summed E-state index contributed by atoms with van der Waals surface area (Å²) in [6.07, 6.45) is 2.59. The summed E-state index contributed by atoms with van der Waals surface area (Å²) >= 11 is 1.08. The van der Waals surface area contributed by atoms with Crippen LogP contribution in [0.4, 0.5) is 22.7 Å². The van der Waals surface area contributed by atoms with Gasteiger partial charge in [0.05, 0.1) is 24.6 Å². The third-order valence-corrected chi connectivity index (χ3v) is 6.20. The van der Waals surface area contributed by atoms with E-state index in [1.807, 2.05) is 0 Å². The maximum absolute atomic E-state index is 13.5. The van der Waals surface area contributed by atoms with Crippen LogP contribution in [-0.2, 0) is 0 Å². The Morgan fingerprint density at radius 2 is 1.95 bits per heavy atom. The number of anilines is 1. The van der Waals surface area contributed by atoms with Gasteiger partial charge in [-0.25, -0.2) is 13.5 Å². The van der Waals surface area contributed by atoms with E-state index in [-0.39, 0.29) is 39.0 Å². The van der Waals surface area contributed by atoms with Crippen molar-refractivity contribution >= 4 is 22.4 Å². The SMILES string of the molecule is COc1cnc(C(F)F)cc1-c1cc(-c2ccn(C(F)F)n2)ncc1C(=O)Nc1nnc(C#CC2CC2)s1. The zero-order valence-electron chi connectivity index (χ0n) is 19.5. The van der Waals surface area contributed by atoms with Crippen molar-refractivity contribution in [3.8, 4) is 40.1 Å². The number of rotatable bonds is 7. The van der Waals surface area contributed by atoms with Crippen LogP contribution in [0.2, 0.25) is 0 Å². The number of hydrogen-bond acceptors (Lipinski definition) is 8. The summed E-state index contributed by atoms with van der Waals surface area (Å²) in [4.78, 5) is 21.2. The second kappa shape index (κ2) is 10.5. The second-order valence-corrected chi connectivity index (χ2v) is 9.07. The third kappa shape index (κ3) is 5.47. The Labute approximate surface area is 216 Å². The smallest absolute Gasteiger partial charge is 0.333 e. The predicted octanol–water partition coefficient (Wildman–Crippen LogP) is 5.21. The Hall–Kier alpha value is -4.38. The molecule has 1 N–H and O–H groups in total. The van der Waals surface area contributed by atoms with Gasteiger partial charge in [0.2, 0.25) is 5.13 Å². The predicted molar refractivity (Wildman–Crippen MR) is 129 cm³/mol. The zero-order valence-corrected chi connectivity index (χ0v) is 20.3. The van der Waals surface area contributed by atoms with Gasteiger partial charge in [-0.2, -0.15) is 13.9 Å². The molecule has 1 aliphatic carbocycles. The number of aromatic nitrogens is 6. The van der Waals surface area contributed by atoms with E-state index in [1.165, 1.54) is 25.4 Å². The van der Waals surface area contributed by atoms with Gasteiger partial charge in [-0.1, -0.05) is 17.3 Å². The molecule has 38 heavy (non-hydrogen) atoms. The highest BCUT2D eigenvalue weighted by atomic mass is 32.1. The monoisotopic (exact) mass is 543 g/mol. The average molecular weight is 544 g/mol.